The predicted molar refractivity (Wildman–Crippen MR) is 110 cm³/mol. The summed E-state index contributed by atoms with van der Waals surface area (Å²) in [5.74, 6) is 0.656. The number of piperazine rings is 1. The summed E-state index contributed by atoms with van der Waals surface area (Å²) in [5.41, 5.74) is 3.73. The summed E-state index contributed by atoms with van der Waals surface area (Å²) in [7, 11) is 1.53. The number of carbonyl (C=O) groups is 1. The van der Waals surface area contributed by atoms with Gasteiger partial charge in [0.15, 0.2) is 5.82 Å². The summed E-state index contributed by atoms with van der Waals surface area (Å²) in [6, 6.07) is 15.9. The number of urea groups is 1. The summed E-state index contributed by atoms with van der Waals surface area (Å²) in [6.45, 7) is 4.86. The van der Waals surface area contributed by atoms with E-state index in [1.807, 2.05) is 43.3 Å². The first-order valence-electron chi connectivity index (χ1n) is 9.32. The molecule has 3 aromatic rings. The zero-order valence-electron chi connectivity index (χ0n) is 16.1. The Morgan fingerprint density at radius 3 is 2.46 bits per heavy atom. The molecule has 2 aromatic carbocycles. The Hall–Kier alpha value is -3.35. The highest BCUT2D eigenvalue weighted by Gasteiger charge is 2.23. The molecule has 0 aliphatic carbocycles. The molecule has 2 amide bonds. The van der Waals surface area contributed by atoms with E-state index in [1.54, 1.807) is 4.90 Å². The quantitative estimate of drug-likeness (QED) is 0.758. The van der Waals surface area contributed by atoms with Gasteiger partial charge in [-0.15, -0.1) is 0 Å². The lowest BCUT2D eigenvalue weighted by atomic mass is 10.2. The van der Waals surface area contributed by atoms with Crippen molar-refractivity contribution in [2.24, 2.45) is 0 Å². The van der Waals surface area contributed by atoms with Gasteiger partial charge in [0, 0.05) is 31.9 Å². The van der Waals surface area contributed by atoms with Crippen LogP contribution in [0, 0.1) is 6.92 Å². The van der Waals surface area contributed by atoms with Crippen molar-refractivity contribution in [1.29, 1.82) is 0 Å². The Balaban J connectivity index is 1.46. The second-order valence-corrected chi connectivity index (χ2v) is 6.81. The van der Waals surface area contributed by atoms with E-state index in [0.717, 1.165) is 29.7 Å². The number of hydrogen-bond donors (Lipinski definition) is 1. The van der Waals surface area contributed by atoms with Gasteiger partial charge in [-0.3, -0.25) is 5.32 Å². The number of nitrogens with one attached hydrogen (secondary N) is 1. The van der Waals surface area contributed by atoms with E-state index in [1.165, 1.54) is 12.8 Å². The van der Waals surface area contributed by atoms with Crippen LogP contribution in [0.15, 0.2) is 48.5 Å². The van der Waals surface area contributed by atoms with Crippen LogP contribution >= 0.6 is 0 Å². The summed E-state index contributed by atoms with van der Waals surface area (Å²) in [6.07, 6.45) is 0. The molecule has 4 rings (SSSR count). The number of anilines is 2. The molecule has 0 atom stereocenters. The van der Waals surface area contributed by atoms with E-state index in [9.17, 15) is 4.79 Å². The predicted octanol–water partition coefficient (Wildman–Crippen LogP) is 3.30. The third kappa shape index (κ3) is 3.69. The second kappa shape index (κ2) is 7.72. The van der Waals surface area contributed by atoms with Crippen LogP contribution in [0.25, 0.3) is 11.0 Å². The first-order chi connectivity index (χ1) is 13.6. The zero-order chi connectivity index (χ0) is 19.5. The number of rotatable bonds is 3. The maximum Gasteiger partial charge on any atom is 0.323 e. The van der Waals surface area contributed by atoms with Crippen LogP contribution in [0.5, 0.6) is 5.88 Å². The van der Waals surface area contributed by atoms with Gasteiger partial charge in [-0.05, 0) is 36.8 Å². The van der Waals surface area contributed by atoms with Crippen LogP contribution in [0.4, 0.5) is 16.3 Å². The van der Waals surface area contributed by atoms with Crippen LogP contribution in [-0.4, -0.2) is 54.2 Å². The first-order valence-corrected chi connectivity index (χ1v) is 9.32. The fourth-order valence-corrected chi connectivity index (χ4v) is 3.36. The molecule has 1 saturated heterocycles. The van der Waals surface area contributed by atoms with Crippen LogP contribution in [-0.2, 0) is 0 Å². The molecule has 28 heavy (non-hydrogen) atoms. The van der Waals surface area contributed by atoms with Crippen molar-refractivity contribution >= 4 is 28.6 Å². The molecule has 0 radical (unpaired) electrons. The zero-order valence-corrected chi connectivity index (χ0v) is 16.1. The fraction of sp³-hybridized carbons (Fsp3) is 0.286. The number of nitrogens with zero attached hydrogens (tertiary/aromatic N) is 4. The summed E-state index contributed by atoms with van der Waals surface area (Å²) in [4.78, 5) is 25.8. The average molecular weight is 377 g/mol. The molecule has 1 fully saturated rings. The van der Waals surface area contributed by atoms with Crippen LogP contribution in [0.2, 0.25) is 0 Å². The largest absolute Gasteiger partial charge is 0.478 e. The van der Waals surface area contributed by atoms with E-state index in [4.69, 9.17) is 4.74 Å². The van der Waals surface area contributed by atoms with Gasteiger partial charge in [-0.1, -0.05) is 24.3 Å². The lowest BCUT2D eigenvalue weighted by Crippen LogP contribution is -2.50. The van der Waals surface area contributed by atoms with Crippen molar-refractivity contribution in [2.75, 3.05) is 43.5 Å². The molecule has 0 saturated carbocycles. The molecular weight excluding hydrogens is 354 g/mol. The average Bonchev–Trinajstić information content (AvgIpc) is 2.74. The van der Waals surface area contributed by atoms with Gasteiger partial charge in [-0.2, -0.15) is 0 Å². The minimum atomic E-state index is -0.188. The Kier molecular flexibility index (Phi) is 4.97. The Morgan fingerprint density at radius 1 is 1.00 bits per heavy atom. The fourth-order valence-electron chi connectivity index (χ4n) is 3.36. The molecule has 144 valence electrons. The number of hydrogen-bond acceptors (Lipinski definition) is 5. The lowest BCUT2D eigenvalue weighted by Gasteiger charge is -2.36. The minimum Gasteiger partial charge on any atom is -0.478 e. The maximum atomic E-state index is 12.8. The summed E-state index contributed by atoms with van der Waals surface area (Å²) >= 11 is 0. The van der Waals surface area contributed by atoms with E-state index in [-0.39, 0.29) is 6.03 Å². The molecule has 7 heteroatoms. The number of carbonyl (C=O) groups excluding carboxylic acids is 1. The summed E-state index contributed by atoms with van der Waals surface area (Å²) < 4.78 is 5.33. The highest BCUT2D eigenvalue weighted by molar-refractivity contribution is 5.91. The topological polar surface area (TPSA) is 70.6 Å². The van der Waals surface area contributed by atoms with Crippen LogP contribution in [0.3, 0.4) is 0 Å². The monoisotopic (exact) mass is 377 g/mol. The van der Waals surface area contributed by atoms with Crippen molar-refractivity contribution in [3.63, 3.8) is 0 Å². The van der Waals surface area contributed by atoms with Gasteiger partial charge in [0.25, 0.3) is 5.88 Å². The number of fused-ring (bicyclic) bond motifs is 1. The maximum absolute atomic E-state index is 12.8. The van der Waals surface area contributed by atoms with E-state index < -0.39 is 0 Å². The normalized spacial score (nSPS) is 14.2. The number of methoxy groups -OCH3 is 1. The van der Waals surface area contributed by atoms with E-state index in [0.29, 0.717) is 24.8 Å². The number of benzene rings is 2. The number of amides is 2. The third-order valence-electron chi connectivity index (χ3n) is 4.89. The lowest BCUT2D eigenvalue weighted by molar-refractivity contribution is 0.208. The van der Waals surface area contributed by atoms with Gasteiger partial charge >= 0.3 is 6.03 Å². The molecular formula is C21H23N5O2. The van der Waals surface area contributed by atoms with Crippen molar-refractivity contribution in [3.8, 4) is 5.88 Å². The molecule has 0 bridgehead atoms. The van der Waals surface area contributed by atoms with Crippen molar-refractivity contribution in [2.45, 2.75) is 6.92 Å². The Bertz CT molecular complexity index is 985. The molecule has 0 unspecified atom stereocenters. The van der Waals surface area contributed by atoms with Gasteiger partial charge in [0.1, 0.15) is 0 Å². The molecule has 2 heterocycles. The molecule has 1 aliphatic heterocycles. The molecule has 1 aliphatic rings. The van der Waals surface area contributed by atoms with Crippen molar-refractivity contribution in [3.05, 3.63) is 54.1 Å². The van der Waals surface area contributed by atoms with E-state index in [2.05, 4.69) is 32.3 Å². The van der Waals surface area contributed by atoms with Gasteiger partial charge < -0.3 is 14.5 Å². The number of aryl methyl sites for hydroxylation is 1. The number of ether oxygens (including phenoxy) is 1. The second-order valence-electron chi connectivity index (χ2n) is 6.81. The van der Waals surface area contributed by atoms with Gasteiger partial charge in [0.2, 0.25) is 0 Å². The number of para-hydroxylation sites is 1. The van der Waals surface area contributed by atoms with Crippen molar-refractivity contribution in [1.82, 2.24) is 14.9 Å². The molecule has 1 aromatic heterocycles. The standard InChI is InChI=1S/C21H23N5O2/c1-15-8-9-17-18(14-15)22-19(20(23-17)28-2)24-21(27)26-12-10-25(11-13-26)16-6-4-3-5-7-16/h3-9,14H,10-13H2,1-2H3,(H,22,24,27). The van der Waals surface area contributed by atoms with Gasteiger partial charge in [0.05, 0.1) is 18.1 Å². The first kappa shape index (κ1) is 18.0. The molecule has 0 spiro atoms. The third-order valence-corrected chi connectivity index (χ3v) is 4.89. The highest BCUT2D eigenvalue weighted by Crippen LogP contribution is 2.24. The number of aromatic nitrogens is 2. The SMILES string of the molecule is COc1nc2ccc(C)cc2nc1NC(=O)N1CCN(c2ccccc2)CC1. The van der Waals surface area contributed by atoms with Crippen LogP contribution in [0.1, 0.15) is 5.56 Å². The Morgan fingerprint density at radius 2 is 1.75 bits per heavy atom. The van der Waals surface area contributed by atoms with Crippen LogP contribution < -0.4 is 15.0 Å². The van der Waals surface area contributed by atoms with E-state index >= 15 is 0 Å². The van der Waals surface area contributed by atoms with Gasteiger partial charge in [-0.25, -0.2) is 14.8 Å². The highest BCUT2D eigenvalue weighted by atomic mass is 16.5. The van der Waals surface area contributed by atoms with Crippen molar-refractivity contribution < 1.29 is 9.53 Å². The smallest absolute Gasteiger partial charge is 0.323 e. The molecule has 1 N–H and O–H groups in total. The summed E-state index contributed by atoms with van der Waals surface area (Å²) in [5, 5.41) is 2.87. The Labute approximate surface area is 164 Å². The minimum absolute atomic E-state index is 0.188. The molecule has 7 nitrogen and oxygen atoms in total.